The van der Waals surface area contributed by atoms with Crippen LogP contribution in [0, 0.1) is 0 Å². The molecule has 0 saturated heterocycles. The number of benzene rings is 10. The molecule has 278 valence electrons. The molecule has 11 aromatic rings. The van der Waals surface area contributed by atoms with Gasteiger partial charge < -0.3 is 9.47 Å². The molecule has 1 heterocycles. The summed E-state index contributed by atoms with van der Waals surface area (Å²) in [6.45, 7) is 0. The van der Waals surface area contributed by atoms with Crippen molar-refractivity contribution in [2.24, 2.45) is 0 Å². The Bertz CT molecular complexity index is 3220. The van der Waals surface area contributed by atoms with Gasteiger partial charge in [-0.3, -0.25) is 0 Å². The van der Waals surface area contributed by atoms with Crippen molar-refractivity contribution >= 4 is 60.4 Å². The number of aromatic nitrogens is 1. The Morgan fingerprint density at radius 2 is 0.898 bits per heavy atom. The van der Waals surface area contributed by atoms with Gasteiger partial charge >= 0.3 is 0 Å². The molecule has 0 radical (unpaired) electrons. The highest BCUT2D eigenvalue weighted by Crippen LogP contribution is 2.41. The number of fused-ring (bicyclic) bond motifs is 6. The maximum absolute atomic E-state index is 2.43. The molecule has 10 aromatic carbocycles. The summed E-state index contributed by atoms with van der Waals surface area (Å²) >= 11 is 0. The summed E-state index contributed by atoms with van der Waals surface area (Å²) in [7, 11) is 0. The average Bonchev–Trinajstić information content (AvgIpc) is 3.64. The minimum atomic E-state index is 0.888. The van der Waals surface area contributed by atoms with E-state index in [0.29, 0.717) is 0 Å². The van der Waals surface area contributed by atoms with Gasteiger partial charge in [0.05, 0.1) is 11.0 Å². The van der Waals surface area contributed by atoms with Crippen LogP contribution in [0.25, 0.3) is 71.3 Å². The molecule has 0 aliphatic rings. The van der Waals surface area contributed by atoms with E-state index in [1.165, 1.54) is 76.7 Å². The summed E-state index contributed by atoms with van der Waals surface area (Å²) in [6, 6.07) is 83.8. The molecular weight excluding hydrogens is 713 g/mol. The van der Waals surface area contributed by atoms with Crippen molar-refractivity contribution in [2.45, 2.75) is 6.42 Å². The average molecular weight is 753 g/mol. The van der Waals surface area contributed by atoms with E-state index in [-0.39, 0.29) is 0 Å². The van der Waals surface area contributed by atoms with Crippen molar-refractivity contribution in [1.82, 2.24) is 4.57 Å². The third-order valence-electron chi connectivity index (χ3n) is 11.8. The van der Waals surface area contributed by atoms with Crippen LogP contribution in [0.4, 0.5) is 17.1 Å². The highest BCUT2D eigenvalue weighted by molar-refractivity contribution is 6.17. The lowest BCUT2D eigenvalue weighted by Crippen LogP contribution is -2.09. The number of para-hydroxylation sites is 3. The minimum Gasteiger partial charge on any atom is -0.311 e. The van der Waals surface area contributed by atoms with Crippen LogP contribution in [0.5, 0.6) is 0 Å². The quantitative estimate of drug-likeness (QED) is 0.140. The van der Waals surface area contributed by atoms with Crippen LogP contribution in [-0.2, 0) is 6.42 Å². The first-order valence-corrected chi connectivity index (χ1v) is 20.4. The number of hydrogen-bond donors (Lipinski definition) is 0. The third-order valence-corrected chi connectivity index (χ3v) is 11.8. The molecule has 0 amide bonds. The summed E-state index contributed by atoms with van der Waals surface area (Å²) in [4.78, 5) is 2.30. The van der Waals surface area contributed by atoms with Crippen LogP contribution in [0.3, 0.4) is 0 Å². The Hall–Kier alpha value is -7.68. The maximum Gasteiger partial charge on any atom is 0.0547 e. The van der Waals surface area contributed by atoms with E-state index in [9.17, 15) is 0 Å². The summed E-state index contributed by atoms with van der Waals surface area (Å²) in [5.41, 5.74) is 14.4. The second-order valence-electron chi connectivity index (χ2n) is 15.3. The van der Waals surface area contributed by atoms with Crippen LogP contribution >= 0.6 is 0 Å². The molecule has 1 aromatic heterocycles. The molecule has 0 fully saturated rings. The SMILES string of the molecule is c1ccc(Cc2cc3ccccc3c3c(-c4ccc5c6ccccc6n(-c6ccc(-c7ccc(N(c8ccccc8)c8ccccc8)cc7)cc6)c5c4)cccc23)cc1. The Labute approximate surface area is 344 Å². The highest BCUT2D eigenvalue weighted by atomic mass is 15.1. The maximum atomic E-state index is 2.43. The van der Waals surface area contributed by atoms with Crippen molar-refractivity contribution in [3.63, 3.8) is 0 Å². The fourth-order valence-corrected chi connectivity index (χ4v) is 9.05. The van der Waals surface area contributed by atoms with Crippen LogP contribution in [0.15, 0.2) is 231 Å². The molecule has 0 unspecified atom stereocenters. The van der Waals surface area contributed by atoms with Crippen molar-refractivity contribution in [3.8, 4) is 27.9 Å². The first-order valence-electron chi connectivity index (χ1n) is 20.4. The van der Waals surface area contributed by atoms with E-state index in [1.807, 2.05) is 0 Å². The lowest BCUT2D eigenvalue weighted by Gasteiger charge is -2.25. The molecule has 0 aliphatic heterocycles. The van der Waals surface area contributed by atoms with Gasteiger partial charge in [0.25, 0.3) is 0 Å². The minimum absolute atomic E-state index is 0.888. The van der Waals surface area contributed by atoms with Gasteiger partial charge in [-0.25, -0.2) is 0 Å². The first kappa shape index (κ1) is 34.6. The van der Waals surface area contributed by atoms with Gasteiger partial charge in [-0.05, 0) is 122 Å². The van der Waals surface area contributed by atoms with Crippen molar-refractivity contribution in [3.05, 3.63) is 242 Å². The zero-order valence-electron chi connectivity index (χ0n) is 32.5. The highest BCUT2D eigenvalue weighted by Gasteiger charge is 2.17. The number of rotatable bonds is 8. The molecular formula is C57H40N2. The standard InChI is InChI=1S/C57H40N2/c1-4-15-40(16-5-1)37-45-38-43-17-10-11-22-50(43)57-51(24-14-25-52(45)57)44-31-36-54-53-23-12-13-26-55(53)59(56(54)39-44)49-34-29-42(30-35-49)41-27-32-48(33-28-41)58(46-18-6-2-7-19-46)47-20-8-3-9-21-47/h1-36,38-39H,37H2. The monoisotopic (exact) mass is 752 g/mol. The van der Waals surface area contributed by atoms with Crippen molar-refractivity contribution in [2.75, 3.05) is 4.90 Å². The zero-order chi connectivity index (χ0) is 39.1. The van der Waals surface area contributed by atoms with E-state index >= 15 is 0 Å². The van der Waals surface area contributed by atoms with E-state index in [2.05, 4.69) is 240 Å². The molecule has 2 heteroatoms. The summed E-state index contributed by atoms with van der Waals surface area (Å²) in [5.74, 6) is 0. The Morgan fingerprint density at radius 1 is 0.356 bits per heavy atom. The smallest absolute Gasteiger partial charge is 0.0547 e. The summed E-state index contributed by atoms with van der Waals surface area (Å²) in [5, 5.41) is 7.68. The van der Waals surface area contributed by atoms with Crippen LogP contribution in [0.2, 0.25) is 0 Å². The van der Waals surface area contributed by atoms with Gasteiger partial charge in [-0.2, -0.15) is 0 Å². The fraction of sp³-hybridized carbons (Fsp3) is 0.0175. The summed E-state index contributed by atoms with van der Waals surface area (Å²) < 4.78 is 2.43. The number of nitrogens with zero attached hydrogens (tertiary/aromatic N) is 2. The molecule has 0 aliphatic carbocycles. The predicted octanol–water partition coefficient (Wildman–Crippen LogP) is 15.5. The molecule has 0 bridgehead atoms. The Kier molecular flexibility index (Phi) is 8.60. The van der Waals surface area contributed by atoms with Gasteiger partial charge in [-0.15, -0.1) is 0 Å². The fourth-order valence-electron chi connectivity index (χ4n) is 9.05. The molecule has 0 atom stereocenters. The zero-order valence-corrected chi connectivity index (χ0v) is 32.5. The van der Waals surface area contributed by atoms with Crippen LogP contribution < -0.4 is 4.90 Å². The molecule has 11 rings (SSSR count). The van der Waals surface area contributed by atoms with Gasteiger partial charge in [-0.1, -0.05) is 170 Å². The van der Waals surface area contributed by atoms with Crippen LogP contribution in [0.1, 0.15) is 11.1 Å². The largest absolute Gasteiger partial charge is 0.311 e. The van der Waals surface area contributed by atoms with Crippen molar-refractivity contribution < 1.29 is 0 Å². The van der Waals surface area contributed by atoms with E-state index in [0.717, 1.165) is 29.2 Å². The topological polar surface area (TPSA) is 8.17 Å². The van der Waals surface area contributed by atoms with Gasteiger partial charge in [0.1, 0.15) is 0 Å². The normalized spacial score (nSPS) is 11.5. The third kappa shape index (κ3) is 6.23. The Balaban J connectivity index is 0.998. The van der Waals surface area contributed by atoms with E-state index in [4.69, 9.17) is 0 Å². The second kappa shape index (κ2) is 14.7. The molecule has 2 nitrogen and oxygen atoms in total. The Morgan fingerprint density at radius 3 is 1.61 bits per heavy atom. The predicted molar refractivity (Wildman–Crippen MR) is 251 cm³/mol. The first-order chi connectivity index (χ1) is 29.3. The van der Waals surface area contributed by atoms with Gasteiger partial charge in [0, 0.05) is 33.5 Å². The lowest BCUT2D eigenvalue weighted by molar-refractivity contribution is 1.18. The molecule has 0 spiro atoms. The van der Waals surface area contributed by atoms with Crippen LogP contribution in [-0.4, -0.2) is 4.57 Å². The number of hydrogen-bond acceptors (Lipinski definition) is 1. The van der Waals surface area contributed by atoms with E-state index < -0.39 is 0 Å². The van der Waals surface area contributed by atoms with E-state index in [1.54, 1.807) is 0 Å². The summed E-state index contributed by atoms with van der Waals surface area (Å²) in [6.07, 6.45) is 0.888. The second-order valence-corrected chi connectivity index (χ2v) is 15.3. The van der Waals surface area contributed by atoms with Gasteiger partial charge in [0.2, 0.25) is 0 Å². The number of anilines is 3. The lowest BCUT2D eigenvalue weighted by atomic mass is 9.89. The molecule has 0 N–H and O–H groups in total. The molecule has 59 heavy (non-hydrogen) atoms. The van der Waals surface area contributed by atoms with Gasteiger partial charge in [0.15, 0.2) is 0 Å². The van der Waals surface area contributed by atoms with Crippen molar-refractivity contribution in [1.29, 1.82) is 0 Å². The molecule has 0 saturated carbocycles.